The van der Waals surface area contributed by atoms with Gasteiger partial charge < -0.3 is 34.4 Å². The van der Waals surface area contributed by atoms with Crippen molar-refractivity contribution in [3.05, 3.63) is 78.0 Å². The Kier molecular flexibility index (Phi) is 8.99. The Hall–Kier alpha value is -5.81. The average molecular weight is 768 g/mol. The number of fused-ring (bicyclic) bond motifs is 6. The lowest BCUT2D eigenvalue weighted by Gasteiger charge is -2.31. The fourth-order valence-corrected chi connectivity index (χ4v) is 8.46. The van der Waals surface area contributed by atoms with Crippen molar-refractivity contribution in [2.24, 2.45) is 0 Å². The van der Waals surface area contributed by atoms with E-state index in [1.54, 1.807) is 19.1 Å². The van der Waals surface area contributed by atoms with Gasteiger partial charge in [0.25, 0.3) is 0 Å². The number of imidazole rings is 1. The number of amides is 1. The number of carbonyl (C=O) groups excluding carboxylic acids is 1. The smallest absolute Gasteiger partial charge is 0.245 e. The molecule has 2 N–H and O–H groups in total. The Morgan fingerprint density at radius 3 is 2.64 bits per heavy atom. The van der Waals surface area contributed by atoms with Crippen LogP contribution in [0.3, 0.4) is 0 Å². The second-order valence-corrected chi connectivity index (χ2v) is 14.7. The number of halogens is 3. The predicted molar refractivity (Wildman–Crippen MR) is 203 cm³/mol. The van der Waals surface area contributed by atoms with E-state index in [2.05, 4.69) is 15.4 Å². The maximum atomic E-state index is 15.3. The number of anilines is 3. The van der Waals surface area contributed by atoms with E-state index < -0.39 is 29.6 Å². The van der Waals surface area contributed by atoms with Crippen molar-refractivity contribution >= 4 is 45.6 Å². The molecule has 6 aromatic rings. The fraction of sp³-hybridized carbons (Fsp3) is 0.385. The lowest BCUT2D eigenvalue weighted by atomic mass is 10.1. The van der Waals surface area contributed by atoms with Crippen LogP contribution in [0.25, 0.3) is 39.0 Å². The van der Waals surface area contributed by atoms with Gasteiger partial charge in [-0.05, 0) is 56.5 Å². The third kappa shape index (κ3) is 6.14. The minimum absolute atomic E-state index is 0.00433. The molecule has 4 bridgehead atoms. The highest BCUT2D eigenvalue weighted by atomic mass is 19.1. The Bertz CT molecular complexity index is 2490. The molecule has 2 fully saturated rings. The number of aliphatic hydroxyl groups excluding tert-OH is 1. The second kappa shape index (κ2) is 14.0. The number of pyridine rings is 1. The first-order valence-electron chi connectivity index (χ1n) is 18.6. The highest BCUT2D eigenvalue weighted by Crippen LogP contribution is 2.37. The molecule has 4 aromatic heterocycles. The normalized spacial score (nSPS) is 21.6. The van der Waals surface area contributed by atoms with Gasteiger partial charge in [-0.25, -0.2) is 27.8 Å². The van der Waals surface area contributed by atoms with Crippen molar-refractivity contribution in [3.8, 4) is 16.9 Å². The fourth-order valence-electron chi connectivity index (χ4n) is 8.46. The average Bonchev–Trinajstić information content (AvgIpc) is 3.99. The zero-order chi connectivity index (χ0) is 38.8. The monoisotopic (exact) mass is 767 g/mol. The zero-order valence-electron chi connectivity index (χ0n) is 31.0. The molecule has 9 rings (SSSR count). The summed E-state index contributed by atoms with van der Waals surface area (Å²) in [6.45, 7) is 3.20. The van der Waals surface area contributed by atoms with Gasteiger partial charge >= 0.3 is 0 Å². The number of aryl methyl sites for hydroxylation is 1. The van der Waals surface area contributed by atoms with Gasteiger partial charge in [0.1, 0.15) is 40.8 Å². The molecule has 1 amide bonds. The molecule has 4 atom stereocenters. The molecule has 17 heteroatoms. The summed E-state index contributed by atoms with van der Waals surface area (Å²) < 4.78 is 53.6. The summed E-state index contributed by atoms with van der Waals surface area (Å²) in [6.07, 6.45) is 2.97. The minimum Gasteiger partial charge on any atom is -0.394 e. The molecule has 3 aliphatic heterocycles. The molecule has 0 spiro atoms. The van der Waals surface area contributed by atoms with Crippen molar-refractivity contribution in [1.82, 2.24) is 39.2 Å². The van der Waals surface area contributed by atoms with Crippen LogP contribution in [-0.4, -0.2) is 115 Å². The first kappa shape index (κ1) is 35.9. The Labute approximate surface area is 319 Å². The summed E-state index contributed by atoms with van der Waals surface area (Å²) in [6, 6.07) is 10.4. The van der Waals surface area contributed by atoms with E-state index in [-0.39, 0.29) is 42.5 Å². The predicted octanol–water partition coefficient (Wildman–Crippen LogP) is 4.46. The molecule has 290 valence electrons. The molecule has 14 nitrogen and oxygen atoms in total. The summed E-state index contributed by atoms with van der Waals surface area (Å²) in [5.41, 5.74) is 2.61. The van der Waals surface area contributed by atoms with E-state index in [0.29, 0.717) is 71.6 Å². The summed E-state index contributed by atoms with van der Waals surface area (Å²) in [5, 5.41) is 18.7. The van der Waals surface area contributed by atoms with Gasteiger partial charge in [-0.1, -0.05) is 6.07 Å². The number of carbonyl (C=O) groups is 1. The van der Waals surface area contributed by atoms with Gasteiger partial charge in [0.05, 0.1) is 53.6 Å². The van der Waals surface area contributed by atoms with E-state index in [4.69, 9.17) is 19.7 Å². The highest BCUT2D eigenvalue weighted by Gasteiger charge is 2.42. The number of hydrogen-bond donors (Lipinski definition) is 2. The Morgan fingerprint density at radius 2 is 1.84 bits per heavy atom. The van der Waals surface area contributed by atoms with E-state index in [0.717, 1.165) is 30.5 Å². The summed E-state index contributed by atoms with van der Waals surface area (Å²) in [7, 11) is 3.33. The summed E-state index contributed by atoms with van der Waals surface area (Å²) in [5.74, 6) is -0.250. The van der Waals surface area contributed by atoms with Crippen molar-refractivity contribution in [3.63, 3.8) is 0 Å². The third-order valence-corrected chi connectivity index (χ3v) is 11.2. The molecule has 56 heavy (non-hydrogen) atoms. The topological polar surface area (TPSA) is 143 Å². The molecule has 2 saturated heterocycles. The number of nitrogens with one attached hydrogen (secondary N) is 1. The van der Waals surface area contributed by atoms with E-state index in [9.17, 15) is 14.3 Å². The number of hydrogen-bond acceptors (Lipinski definition) is 11. The number of methoxy groups -OCH3 is 1. The Morgan fingerprint density at radius 1 is 0.982 bits per heavy atom. The van der Waals surface area contributed by atoms with E-state index in [1.165, 1.54) is 29.1 Å². The highest BCUT2D eigenvalue weighted by molar-refractivity contribution is 5.94. The van der Waals surface area contributed by atoms with Crippen LogP contribution in [0, 0.1) is 24.4 Å². The molecular formula is C39H40F3N11O3. The second-order valence-electron chi connectivity index (χ2n) is 14.7. The maximum Gasteiger partial charge on any atom is 0.245 e. The van der Waals surface area contributed by atoms with E-state index >= 15 is 8.78 Å². The van der Waals surface area contributed by atoms with Gasteiger partial charge in [-0.15, -0.1) is 0 Å². The standard InChI is InChI=1S/C39H40F3N11O3/c1-21-44-31-14-23(41)12-27-30-7-4-8-34(46-30)45-24-15-33(38(55)49(2)18-26(56-3)19-51(21)35(27)31)52(17-24)36-28-16-43-53(32-10-9-22(40)13-29(32)42)37(28)48-39(47-36)50-11-5-6-25(50)20-54/h4,7-10,12-14,16,24-26,33,54H,5-6,11,15,17-20H2,1-3H3,(H,45,46)/t24-,25-,26-,33-/m0/s1. The number of rotatable bonds is 5. The largest absolute Gasteiger partial charge is 0.394 e. The molecule has 2 aromatic carbocycles. The zero-order valence-corrected chi connectivity index (χ0v) is 31.0. The number of aromatic nitrogens is 7. The van der Waals surface area contributed by atoms with Gasteiger partial charge in [0.15, 0.2) is 11.5 Å². The quantitative estimate of drug-likeness (QED) is 0.257. The van der Waals surface area contributed by atoms with Crippen LogP contribution < -0.4 is 15.1 Å². The van der Waals surface area contributed by atoms with Crippen LogP contribution in [0.2, 0.25) is 0 Å². The molecule has 3 aliphatic rings. The van der Waals surface area contributed by atoms with Crippen molar-refractivity contribution in [1.29, 1.82) is 0 Å². The number of benzene rings is 2. The number of ether oxygens (including phenoxy) is 1. The van der Waals surface area contributed by atoms with E-state index in [1.807, 2.05) is 39.5 Å². The number of aliphatic hydroxyl groups is 1. The van der Waals surface area contributed by atoms with Crippen LogP contribution in [-0.2, 0) is 16.1 Å². The van der Waals surface area contributed by atoms with Gasteiger partial charge in [-0.3, -0.25) is 4.79 Å². The van der Waals surface area contributed by atoms with Gasteiger partial charge in [-0.2, -0.15) is 15.1 Å². The summed E-state index contributed by atoms with van der Waals surface area (Å²) in [4.78, 5) is 39.7. The van der Waals surface area contributed by atoms with Gasteiger partial charge in [0.2, 0.25) is 11.9 Å². The molecule has 0 aliphatic carbocycles. The number of likely N-dealkylation sites (N-methyl/N-ethyl adjacent to an activating group) is 1. The maximum absolute atomic E-state index is 15.3. The lowest BCUT2D eigenvalue weighted by molar-refractivity contribution is -0.132. The van der Waals surface area contributed by atoms with Crippen molar-refractivity contribution in [2.45, 2.75) is 57.0 Å². The first-order chi connectivity index (χ1) is 27.1. The molecule has 0 radical (unpaired) electrons. The van der Waals surface area contributed by atoms with Gasteiger partial charge in [0, 0.05) is 57.5 Å². The minimum atomic E-state index is -0.821. The lowest BCUT2D eigenvalue weighted by Crippen LogP contribution is -2.47. The molecule has 0 unspecified atom stereocenters. The van der Waals surface area contributed by atoms with Crippen LogP contribution in [0.15, 0.2) is 54.7 Å². The molecule has 7 heterocycles. The van der Waals surface area contributed by atoms with Crippen molar-refractivity contribution < 1.29 is 27.8 Å². The first-order valence-corrected chi connectivity index (χ1v) is 18.6. The van der Waals surface area contributed by atoms with Crippen LogP contribution >= 0.6 is 0 Å². The van der Waals surface area contributed by atoms with Crippen LogP contribution in [0.5, 0.6) is 0 Å². The third-order valence-electron chi connectivity index (χ3n) is 11.2. The number of nitrogens with zero attached hydrogens (tertiary/aromatic N) is 10. The SMILES string of the molecule is CO[C@H]1CN(C)C(=O)[C@@H]2C[C@@H](CN2c2nc(N3CCC[C@H]3CO)nc3c2cnn3-c2ccc(F)cc2F)Nc2cccc(n2)-c2cc(F)cc3nc(C)n(c23)C1. The van der Waals surface area contributed by atoms with Crippen molar-refractivity contribution in [2.75, 3.05) is 55.5 Å². The molecular weight excluding hydrogens is 727 g/mol. The van der Waals surface area contributed by atoms with Crippen LogP contribution in [0.4, 0.5) is 30.8 Å². The molecule has 0 saturated carbocycles. The van der Waals surface area contributed by atoms with Crippen LogP contribution in [0.1, 0.15) is 25.1 Å². The Balaban J connectivity index is 1.18. The summed E-state index contributed by atoms with van der Waals surface area (Å²) >= 11 is 0.